The predicted molar refractivity (Wildman–Crippen MR) is 77.4 cm³/mol. The van der Waals surface area contributed by atoms with Crippen molar-refractivity contribution in [3.05, 3.63) is 23.9 Å². The SMILES string of the molecule is COC(=O)c1ccnc(N2CCCC(CCC(=O)O)C2)c1. The molecular formula is C15H20N2O4. The van der Waals surface area contributed by atoms with Gasteiger partial charge in [-0.1, -0.05) is 0 Å². The second kappa shape index (κ2) is 7.06. The van der Waals surface area contributed by atoms with Crippen LogP contribution >= 0.6 is 0 Å². The van der Waals surface area contributed by atoms with E-state index in [1.54, 1.807) is 18.3 Å². The van der Waals surface area contributed by atoms with E-state index in [2.05, 4.69) is 9.88 Å². The van der Waals surface area contributed by atoms with E-state index < -0.39 is 5.97 Å². The lowest BCUT2D eigenvalue weighted by Crippen LogP contribution is -2.36. The number of aromatic nitrogens is 1. The summed E-state index contributed by atoms with van der Waals surface area (Å²) in [5.41, 5.74) is 0.482. The molecule has 0 bridgehead atoms. The smallest absolute Gasteiger partial charge is 0.338 e. The van der Waals surface area contributed by atoms with Crippen LogP contribution in [0.3, 0.4) is 0 Å². The number of hydrogen-bond acceptors (Lipinski definition) is 5. The number of carbonyl (C=O) groups is 2. The maximum atomic E-state index is 11.6. The zero-order valence-electron chi connectivity index (χ0n) is 12.1. The Morgan fingerprint density at radius 1 is 1.52 bits per heavy atom. The van der Waals surface area contributed by atoms with Crippen molar-refractivity contribution in [1.82, 2.24) is 4.98 Å². The summed E-state index contributed by atoms with van der Waals surface area (Å²) in [6, 6.07) is 3.35. The van der Waals surface area contributed by atoms with Crippen molar-refractivity contribution in [3.8, 4) is 0 Å². The quantitative estimate of drug-likeness (QED) is 0.836. The Labute approximate surface area is 123 Å². The van der Waals surface area contributed by atoms with E-state index in [0.717, 1.165) is 31.7 Å². The molecule has 6 nitrogen and oxygen atoms in total. The minimum Gasteiger partial charge on any atom is -0.481 e. The lowest BCUT2D eigenvalue weighted by atomic mass is 9.93. The minimum absolute atomic E-state index is 0.203. The zero-order valence-corrected chi connectivity index (χ0v) is 12.1. The van der Waals surface area contributed by atoms with Gasteiger partial charge < -0.3 is 14.7 Å². The second-order valence-corrected chi connectivity index (χ2v) is 5.28. The average molecular weight is 292 g/mol. The van der Waals surface area contributed by atoms with Crippen LogP contribution in [0.25, 0.3) is 0 Å². The summed E-state index contributed by atoms with van der Waals surface area (Å²) >= 11 is 0. The number of esters is 1. The van der Waals surface area contributed by atoms with Gasteiger partial charge in [-0.2, -0.15) is 0 Å². The summed E-state index contributed by atoms with van der Waals surface area (Å²) in [6.45, 7) is 1.66. The van der Waals surface area contributed by atoms with E-state index in [9.17, 15) is 9.59 Å². The molecule has 1 unspecified atom stereocenters. The fourth-order valence-corrected chi connectivity index (χ4v) is 2.67. The monoisotopic (exact) mass is 292 g/mol. The number of hydrogen-bond donors (Lipinski definition) is 1. The fourth-order valence-electron chi connectivity index (χ4n) is 2.67. The van der Waals surface area contributed by atoms with E-state index >= 15 is 0 Å². The molecule has 1 atom stereocenters. The number of pyridine rings is 1. The molecule has 0 amide bonds. The largest absolute Gasteiger partial charge is 0.481 e. The first-order chi connectivity index (χ1) is 10.1. The van der Waals surface area contributed by atoms with Gasteiger partial charge in [-0.15, -0.1) is 0 Å². The molecule has 21 heavy (non-hydrogen) atoms. The Bertz CT molecular complexity index is 518. The zero-order chi connectivity index (χ0) is 15.2. The Kier molecular flexibility index (Phi) is 5.14. The van der Waals surface area contributed by atoms with Crippen LogP contribution in [0.1, 0.15) is 36.0 Å². The van der Waals surface area contributed by atoms with Gasteiger partial charge in [-0.3, -0.25) is 4.79 Å². The molecule has 2 rings (SSSR count). The molecule has 1 fully saturated rings. The number of ether oxygens (including phenoxy) is 1. The summed E-state index contributed by atoms with van der Waals surface area (Å²) in [4.78, 5) is 28.7. The molecule has 0 aromatic carbocycles. The Balaban J connectivity index is 2.03. The summed E-state index contributed by atoms with van der Waals surface area (Å²) in [6.07, 6.45) is 4.54. The number of anilines is 1. The Morgan fingerprint density at radius 2 is 2.33 bits per heavy atom. The van der Waals surface area contributed by atoms with Crippen LogP contribution in [-0.2, 0) is 9.53 Å². The number of aliphatic carboxylic acids is 1. The summed E-state index contributed by atoms with van der Waals surface area (Å²) < 4.78 is 4.71. The highest BCUT2D eigenvalue weighted by Crippen LogP contribution is 2.25. The van der Waals surface area contributed by atoms with Crippen LogP contribution in [0.5, 0.6) is 0 Å². The van der Waals surface area contributed by atoms with E-state index in [1.165, 1.54) is 7.11 Å². The number of carboxylic acids is 1. The maximum Gasteiger partial charge on any atom is 0.338 e. The number of rotatable bonds is 5. The van der Waals surface area contributed by atoms with E-state index in [-0.39, 0.29) is 12.4 Å². The van der Waals surface area contributed by atoms with Gasteiger partial charge >= 0.3 is 11.9 Å². The first kappa shape index (κ1) is 15.3. The van der Waals surface area contributed by atoms with Gasteiger partial charge in [0.25, 0.3) is 0 Å². The van der Waals surface area contributed by atoms with Crippen molar-refractivity contribution in [1.29, 1.82) is 0 Å². The first-order valence-corrected chi connectivity index (χ1v) is 7.11. The highest BCUT2D eigenvalue weighted by Gasteiger charge is 2.22. The molecule has 1 aromatic heterocycles. The topological polar surface area (TPSA) is 79.7 Å². The van der Waals surface area contributed by atoms with Crippen LogP contribution in [-0.4, -0.2) is 42.2 Å². The minimum atomic E-state index is -0.752. The van der Waals surface area contributed by atoms with E-state index in [0.29, 0.717) is 17.9 Å². The second-order valence-electron chi connectivity index (χ2n) is 5.28. The van der Waals surface area contributed by atoms with Crippen molar-refractivity contribution >= 4 is 17.8 Å². The highest BCUT2D eigenvalue weighted by molar-refractivity contribution is 5.90. The molecule has 0 saturated carbocycles. The highest BCUT2D eigenvalue weighted by atomic mass is 16.5. The Hall–Kier alpha value is -2.11. The molecule has 114 valence electrons. The molecule has 1 saturated heterocycles. The fraction of sp³-hybridized carbons (Fsp3) is 0.533. The van der Waals surface area contributed by atoms with Crippen molar-refractivity contribution in [2.75, 3.05) is 25.1 Å². The van der Waals surface area contributed by atoms with Crippen LogP contribution in [0, 0.1) is 5.92 Å². The molecule has 0 radical (unpaired) electrons. The normalized spacial score (nSPS) is 18.3. The molecule has 1 aromatic rings. The van der Waals surface area contributed by atoms with Gasteiger partial charge in [0.2, 0.25) is 0 Å². The van der Waals surface area contributed by atoms with Crippen molar-refractivity contribution < 1.29 is 19.4 Å². The van der Waals surface area contributed by atoms with Gasteiger partial charge in [0, 0.05) is 25.7 Å². The third kappa shape index (κ3) is 4.18. The van der Waals surface area contributed by atoms with Crippen LogP contribution in [0.2, 0.25) is 0 Å². The first-order valence-electron chi connectivity index (χ1n) is 7.11. The van der Waals surface area contributed by atoms with Gasteiger partial charge in [-0.05, 0) is 37.3 Å². The van der Waals surface area contributed by atoms with Crippen molar-refractivity contribution in [3.63, 3.8) is 0 Å². The molecular weight excluding hydrogens is 272 g/mol. The number of carbonyl (C=O) groups excluding carboxylic acids is 1. The van der Waals surface area contributed by atoms with E-state index in [4.69, 9.17) is 9.84 Å². The third-order valence-corrected chi connectivity index (χ3v) is 3.78. The summed E-state index contributed by atoms with van der Waals surface area (Å²) in [5.74, 6) is -0.0209. The lowest BCUT2D eigenvalue weighted by Gasteiger charge is -2.33. The summed E-state index contributed by atoms with van der Waals surface area (Å²) in [5, 5.41) is 8.77. The predicted octanol–water partition coefficient (Wildman–Crippen LogP) is 1.95. The number of piperidine rings is 1. The number of carboxylic acid groups (broad SMARTS) is 1. The lowest BCUT2D eigenvalue weighted by molar-refractivity contribution is -0.137. The van der Waals surface area contributed by atoms with Crippen molar-refractivity contribution in [2.24, 2.45) is 5.92 Å². The van der Waals surface area contributed by atoms with Gasteiger partial charge in [0.1, 0.15) is 5.82 Å². The average Bonchev–Trinajstić information content (AvgIpc) is 2.52. The maximum absolute atomic E-state index is 11.6. The van der Waals surface area contributed by atoms with Crippen molar-refractivity contribution in [2.45, 2.75) is 25.7 Å². The molecule has 0 aliphatic carbocycles. The van der Waals surface area contributed by atoms with Gasteiger partial charge in [-0.25, -0.2) is 9.78 Å². The van der Waals surface area contributed by atoms with Crippen LogP contribution in [0.15, 0.2) is 18.3 Å². The molecule has 1 N–H and O–H groups in total. The number of nitrogens with zero attached hydrogens (tertiary/aromatic N) is 2. The van der Waals surface area contributed by atoms with Gasteiger partial charge in [0.05, 0.1) is 12.7 Å². The standard InChI is InChI=1S/C15H20N2O4/c1-21-15(20)12-6-7-16-13(9-12)17-8-2-3-11(10-17)4-5-14(18)19/h6-7,9,11H,2-5,8,10H2,1H3,(H,18,19). The molecule has 0 spiro atoms. The van der Waals surface area contributed by atoms with Crippen LogP contribution in [0.4, 0.5) is 5.82 Å². The molecule has 1 aliphatic rings. The molecule has 6 heteroatoms. The van der Waals surface area contributed by atoms with E-state index in [1.807, 2.05) is 0 Å². The van der Waals surface area contributed by atoms with Crippen LogP contribution < -0.4 is 4.90 Å². The molecule has 1 aliphatic heterocycles. The van der Waals surface area contributed by atoms with Gasteiger partial charge in [0.15, 0.2) is 0 Å². The summed E-state index contributed by atoms with van der Waals surface area (Å²) in [7, 11) is 1.35. The number of methoxy groups -OCH3 is 1. The Morgan fingerprint density at radius 3 is 3.05 bits per heavy atom. The molecule has 2 heterocycles. The third-order valence-electron chi connectivity index (χ3n) is 3.78.